The zero-order valence-corrected chi connectivity index (χ0v) is 14.4. The highest BCUT2D eigenvalue weighted by molar-refractivity contribution is 5.80. The highest BCUT2D eigenvalue weighted by Gasteiger charge is 2.35. The lowest BCUT2D eigenvalue weighted by Gasteiger charge is -2.30. The van der Waals surface area contributed by atoms with Crippen LogP contribution in [0, 0.1) is 20.8 Å². The van der Waals surface area contributed by atoms with Crippen LogP contribution in [0.25, 0.3) is 0 Å². The molecule has 1 aromatic rings. The molecule has 5 nitrogen and oxygen atoms in total. The second-order valence-electron chi connectivity index (χ2n) is 6.12. The fraction of sp³-hybridized carbons (Fsp3) is 0.750. The predicted octanol–water partition coefficient (Wildman–Crippen LogP) is 2.52. The van der Waals surface area contributed by atoms with Crippen LogP contribution in [0.4, 0.5) is 0 Å². The number of ether oxygens (including phenoxy) is 1. The Morgan fingerprint density at radius 1 is 1.38 bits per heavy atom. The van der Waals surface area contributed by atoms with Gasteiger partial charge in [-0.15, -0.1) is 0 Å². The lowest BCUT2D eigenvalue weighted by atomic mass is 9.96. The van der Waals surface area contributed by atoms with Crippen LogP contribution < -0.4 is 5.32 Å². The largest absolute Gasteiger partial charge is 0.465 e. The van der Waals surface area contributed by atoms with Crippen molar-refractivity contribution >= 4 is 5.97 Å². The maximum absolute atomic E-state index is 12.3. The summed E-state index contributed by atoms with van der Waals surface area (Å²) in [6, 6.07) is 0.210. The number of hydrogen-bond donors (Lipinski definition) is 1. The van der Waals surface area contributed by atoms with Crippen LogP contribution in [0.5, 0.6) is 0 Å². The van der Waals surface area contributed by atoms with Crippen LogP contribution in [-0.2, 0) is 16.1 Å². The molecule has 1 atom stereocenters. The van der Waals surface area contributed by atoms with Gasteiger partial charge in [0.15, 0.2) is 0 Å². The number of carbonyl (C=O) groups is 1. The zero-order chi connectivity index (χ0) is 16.2. The van der Waals surface area contributed by atoms with Crippen molar-refractivity contribution in [3.05, 3.63) is 17.0 Å². The normalized spacial score (nSPS) is 14.3. The molecule has 0 radical (unpaired) electrons. The molecule has 0 aliphatic carbocycles. The van der Waals surface area contributed by atoms with Crippen LogP contribution in [0.2, 0.25) is 0 Å². The highest BCUT2D eigenvalue weighted by atomic mass is 16.5. The molecule has 0 saturated carbocycles. The molecule has 0 aliphatic heterocycles. The Labute approximate surface area is 128 Å². The fourth-order valence-electron chi connectivity index (χ4n) is 2.49. The minimum Gasteiger partial charge on any atom is -0.465 e. The van der Waals surface area contributed by atoms with E-state index in [1.807, 2.05) is 39.3 Å². The number of aryl methyl sites for hydroxylation is 2. The van der Waals surface area contributed by atoms with Gasteiger partial charge in [-0.25, -0.2) is 0 Å². The van der Waals surface area contributed by atoms with Gasteiger partial charge in [-0.3, -0.25) is 14.8 Å². The summed E-state index contributed by atoms with van der Waals surface area (Å²) in [6.45, 7) is 15.0. The van der Waals surface area contributed by atoms with Gasteiger partial charge in [0, 0.05) is 18.3 Å². The van der Waals surface area contributed by atoms with Gasteiger partial charge in [-0.1, -0.05) is 0 Å². The van der Waals surface area contributed by atoms with Gasteiger partial charge in [0.25, 0.3) is 0 Å². The molecule has 1 aromatic heterocycles. The van der Waals surface area contributed by atoms with Gasteiger partial charge in [-0.2, -0.15) is 5.10 Å². The molecule has 1 unspecified atom stereocenters. The zero-order valence-electron chi connectivity index (χ0n) is 14.4. The standard InChI is InChI=1S/C16H29N3O2/c1-8-21-15(20)16(7,17-11(2)3)9-10-19-14(6)12(4)13(5)18-19/h11,17H,8-10H2,1-7H3. The van der Waals surface area contributed by atoms with E-state index < -0.39 is 5.54 Å². The fourth-order valence-corrected chi connectivity index (χ4v) is 2.49. The van der Waals surface area contributed by atoms with E-state index in [0.29, 0.717) is 19.6 Å². The molecule has 0 amide bonds. The van der Waals surface area contributed by atoms with Crippen LogP contribution >= 0.6 is 0 Å². The molecule has 1 heterocycles. The molecule has 0 spiro atoms. The van der Waals surface area contributed by atoms with Gasteiger partial charge in [0.1, 0.15) is 5.54 Å². The summed E-state index contributed by atoms with van der Waals surface area (Å²) in [7, 11) is 0. The van der Waals surface area contributed by atoms with E-state index in [0.717, 1.165) is 11.4 Å². The number of esters is 1. The first-order chi connectivity index (χ1) is 9.71. The average molecular weight is 295 g/mol. The van der Waals surface area contributed by atoms with Crippen molar-refractivity contribution in [3.63, 3.8) is 0 Å². The molecule has 0 bridgehead atoms. The third kappa shape index (κ3) is 4.30. The predicted molar refractivity (Wildman–Crippen MR) is 84.4 cm³/mol. The second-order valence-corrected chi connectivity index (χ2v) is 6.12. The van der Waals surface area contributed by atoms with E-state index in [2.05, 4.69) is 24.3 Å². The Hall–Kier alpha value is -1.36. The van der Waals surface area contributed by atoms with E-state index in [-0.39, 0.29) is 12.0 Å². The number of carbonyl (C=O) groups excluding carboxylic acids is 1. The van der Waals surface area contributed by atoms with Crippen molar-refractivity contribution in [2.24, 2.45) is 0 Å². The Bertz CT molecular complexity index is 494. The molecule has 0 aliphatic rings. The van der Waals surface area contributed by atoms with Crippen LogP contribution in [0.1, 0.15) is 51.1 Å². The Balaban J connectivity index is 2.86. The van der Waals surface area contributed by atoms with Gasteiger partial charge >= 0.3 is 5.97 Å². The van der Waals surface area contributed by atoms with E-state index >= 15 is 0 Å². The molecule has 21 heavy (non-hydrogen) atoms. The van der Waals surface area contributed by atoms with Crippen molar-refractivity contribution in [1.82, 2.24) is 15.1 Å². The summed E-state index contributed by atoms with van der Waals surface area (Å²) in [5.74, 6) is -0.197. The molecule has 1 N–H and O–H groups in total. The number of rotatable bonds is 7. The molecule has 0 fully saturated rings. The van der Waals surface area contributed by atoms with Gasteiger partial charge in [0.2, 0.25) is 0 Å². The third-order valence-corrected chi connectivity index (χ3v) is 3.90. The SMILES string of the molecule is CCOC(=O)C(C)(CCn1nc(C)c(C)c1C)NC(C)C. The Morgan fingerprint density at radius 2 is 2.00 bits per heavy atom. The molecule has 120 valence electrons. The van der Waals surface area contributed by atoms with Crippen molar-refractivity contribution in [3.8, 4) is 0 Å². The molecule has 1 rings (SSSR count). The summed E-state index contributed by atoms with van der Waals surface area (Å²) in [5.41, 5.74) is 2.72. The van der Waals surface area contributed by atoms with Crippen LogP contribution in [-0.4, -0.2) is 33.9 Å². The minimum absolute atomic E-state index is 0.197. The van der Waals surface area contributed by atoms with E-state index in [1.54, 1.807) is 0 Å². The molecule has 0 saturated heterocycles. The van der Waals surface area contributed by atoms with Crippen LogP contribution in [0.3, 0.4) is 0 Å². The number of aromatic nitrogens is 2. The van der Waals surface area contributed by atoms with E-state index in [4.69, 9.17) is 4.74 Å². The van der Waals surface area contributed by atoms with Gasteiger partial charge in [-0.05, 0) is 60.5 Å². The Morgan fingerprint density at radius 3 is 2.43 bits per heavy atom. The van der Waals surface area contributed by atoms with Crippen molar-refractivity contribution in [1.29, 1.82) is 0 Å². The molecular weight excluding hydrogens is 266 g/mol. The van der Waals surface area contributed by atoms with Crippen LogP contribution in [0.15, 0.2) is 0 Å². The first-order valence-electron chi connectivity index (χ1n) is 7.66. The minimum atomic E-state index is -0.690. The summed E-state index contributed by atoms with van der Waals surface area (Å²) >= 11 is 0. The summed E-state index contributed by atoms with van der Waals surface area (Å²) in [6.07, 6.45) is 0.644. The lowest BCUT2D eigenvalue weighted by molar-refractivity contribution is -0.151. The molecule has 5 heteroatoms. The van der Waals surface area contributed by atoms with E-state index in [1.165, 1.54) is 5.56 Å². The quantitative estimate of drug-likeness (QED) is 0.785. The third-order valence-electron chi connectivity index (χ3n) is 3.90. The lowest BCUT2D eigenvalue weighted by Crippen LogP contribution is -2.53. The second kappa shape index (κ2) is 7.07. The summed E-state index contributed by atoms with van der Waals surface area (Å²) in [4.78, 5) is 12.3. The summed E-state index contributed by atoms with van der Waals surface area (Å²) < 4.78 is 7.20. The smallest absolute Gasteiger partial charge is 0.326 e. The monoisotopic (exact) mass is 295 g/mol. The number of hydrogen-bond acceptors (Lipinski definition) is 4. The number of nitrogens with one attached hydrogen (secondary N) is 1. The molecular formula is C16H29N3O2. The maximum Gasteiger partial charge on any atom is 0.326 e. The molecule has 0 aromatic carbocycles. The first-order valence-corrected chi connectivity index (χ1v) is 7.66. The van der Waals surface area contributed by atoms with Crippen molar-refractivity contribution < 1.29 is 9.53 Å². The highest BCUT2D eigenvalue weighted by Crippen LogP contribution is 2.18. The van der Waals surface area contributed by atoms with E-state index in [9.17, 15) is 4.79 Å². The topological polar surface area (TPSA) is 56.2 Å². The average Bonchev–Trinajstić information content (AvgIpc) is 2.63. The van der Waals surface area contributed by atoms with Crippen molar-refractivity contribution in [2.75, 3.05) is 6.61 Å². The maximum atomic E-state index is 12.3. The first kappa shape index (κ1) is 17.7. The Kier molecular flexibility index (Phi) is 5.96. The van der Waals surface area contributed by atoms with Crippen molar-refractivity contribution in [2.45, 2.75) is 73.0 Å². The summed E-state index contributed by atoms with van der Waals surface area (Å²) in [5, 5.41) is 7.87. The number of nitrogens with zero attached hydrogens (tertiary/aromatic N) is 2. The van der Waals surface area contributed by atoms with Gasteiger partial charge < -0.3 is 4.74 Å². The van der Waals surface area contributed by atoms with Gasteiger partial charge in [0.05, 0.1) is 12.3 Å².